The maximum Gasteiger partial charge on any atom is 0.126 e. The van der Waals surface area contributed by atoms with Gasteiger partial charge in [0.05, 0.1) is 12.9 Å². The molecule has 3 rings (SSSR count). The number of imidazole rings is 1. The Kier molecular flexibility index (Phi) is 6.29. The van der Waals surface area contributed by atoms with Gasteiger partial charge in [0.25, 0.3) is 0 Å². The fourth-order valence-electron chi connectivity index (χ4n) is 2.54. The maximum atomic E-state index is 6.03. The standard InChI is InChI=1S/C21H21ClN2O/c22-20-8-5-6-18(16-20)10-11-19-7-1-2-9-21(19)25-15-4-3-13-24-14-12-23-17-24/h1-2,5-12,14,16-17H,3-4,13,15H2/b11-10+. The molecule has 25 heavy (non-hydrogen) atoms. The van der Waals surface area contributed by atoms with E-state index in [1.165, 1.54) is 0 Å². The van der Waals surface area contributed by atoms with Crippen LogP contribution in [0.15, 0.2) is 67.3 Å². The van der Waals surface area contributed by atoms with Crippen molar-refractivity contribution in [3.05, 3.63) is 83.4 Å². The molecule has 4 heteroatoms. The third-order valence-electron chi connectivity index (χ3n) is 3.85. The third-order valence-corrected chi connectivity index (χ3v) is 4.09. The Bertz CT molecular complexity index is 812. The number of nitrogens with zero attached hydrogens (tertiary/aromatic N) is 2. The largest absolute Gasteiger partial charge is 0.493 e. The molecule has 3 aromatic rings. The van der Waals surface area contributed by atoms with Crippen molar-refractivity contribution in [2.24, 2.45) is 0 Å². The van der Waals surface area contributed by atoms with Gasteiger partial charge in [0.1, 0.15) is 5.75 Å². The number of unbranched alkanes of at least 4 members (excludes halogenated alkanes) is 1. The van der Waals surface area contributed by atoms with Gasteiger partial charge in [-0.3, -0.25) is 0 Å². The number of halogens is 1. The van der Waals surface area contributed by atoms with Crippen LogP contribution in [0.5, 0.6) is 5.75 Å². The van der Waals surface area contributed by atoms with E-state index in [0.29, 0.717) is 6.61 Å². The predicted octanol–water partition coefficient (Wildman–Crippen LogP) is 5.57. The van der Waals surface area contributed by atoms with Crippen LogP contribution in [0.4, 0.5) is 0 Å². The van der Waals surface area contributed by atoms with Gasteiger partial charge in [0, 0.05) is 29.5 Å². The summed E-state index contributed by atoms with van der Waals surface area (Å²) in [5, 5.41) is 0.740. The Hall–Kier alpha value is -2.52. The van der Waals surface area contributed by atoms with E-state index in [1.807, 2.05) is 61.1 Å². The van der Waals surface area contributed by atoms with Crippen molar-refractivity contribution < 1.29 is 4.74 Å². The fraction of sp³-hybridized carbons (Fsp3) is 0.190. The summed E-state index contributed by atoms with van der Waals surface area (Å²) in [5.41, 5.74) is 2.14. The number of ether oxygens (including phenoxy) is 1. The van der Waals surface area contributed by atoms with E-state index >= 15 is 0 Å². The summed E-state index contributed by atoms with van der Waals surface area (Å²) in [4.78, 5) is 4.05. The van der Waals surface area contributed by atoms with E-state index in [4.69, 9.17) is 16.3 Å². The zero-order valence-corrected chi connectivity index (χ0v) is 14.8. The van der Waals surface area contributed by atoms with Gasteiger partial charge in [-0.15, -0.1) is 0 Å². The summed E-state index contributed by atoms with van der Waals surface area (Å²) in [6.07, 6.45) is 11.8. The molecule has 2 aromatic carbocycles. The zero-order chi connectivity index (χ0) is 17.3. The first kappa shape index (κ1) is 17.3. The molecular weight excluding hydrogens is 332 g/mol. The molecule has 0 radical (unpaired) electrons. The highest BCUT2D eigenvalue weighted by Crippen LogP contribution is 2.21. The summed E-state index contributed by atoms with van der Waals surface area (Å²) in [6.45, 7) is 1.68. The normalized spacial score (nSPS) is 11.1. The monoisotopic (exact) mass is 352 g/mol. The minimum atomic E-state index is 0.705. The molecule has 0 N–H and O–H groups in total. The second kappa shape index (κ2) is 9.09. The van der Waals surface area contributed by atoms with E-state index in [0.717, 1.165) is 41.3 Å². The third kappa shape index (κ3) is 5.50. The Morgan fingerprint density at radius 1 is 1.04 bits per heavy atom. The molecule has 1 heterocycles. The summed E-state index contributed by atoms with van der Waals surface area (Å²) in [5.74, 6) is 0.906. The molecule has 3 nitrogen and oxygen atoms in total. The number of hydrogen-bond donors (Lipinski definition) is 0. The first-order valence-corrected chi connectivity index (χ1v) is 8.80. The molecule has 1 aromatic heterocycles. The lowest BCUT2D eigenvalue weighted by Gasteiger charge is -2.09. The van der Waals surface area contributed by atoms with Crippen LogP contribution >= 0.6 is 11.6 Å². The van der Waals surface area contributed by atoms with E-state index in [9.17, 15) is 0 Å². The van der Waals surface area contributed by atoms with Gasteiger partial charge < -0.3 is 9.30 Å². The molecule has 0 amide bonds. The van der Waals surface area contributed by atoms with Crippen molar-refractivity contribution in [2.75, 3.05) is 6.61 Å². The molecule has 0 unspecified atom stereocenters. The van der Waals surface area contributed by atoms with Gasteiger partial charge in [0.2, 0.25) is 0 Å². The van der Waals surface area contributed by atoms with Crippen LogP contribution in [0.1, 0.15) is 24.0 Å². The minimum absolute atomic E-state index is 0.705. The first-order valence-electron chi connectivity index (χ1n) is 8.42. The van der Waals surface area contributed by atoms with Crippen molar-refractivity contribution >= 4 is 23.8 Å². The van der Waals surface area contributed by atoms with Crippen molar-refractivity contribution in [1.29, 1.82) is 0 Å². The zero-order valence-electron chi connectivity index (χ0n) is 14.0. The van der Waals surface area contributed by atoms with Crippen LogP contribution in [0, 0.1) is 0 Å². The van der Waals surface area contributed by atoms with Crippen LogP contribution in [0.25, 0.3) is 12.2 Å². The lowest BCUT2D eigenvalue weighted by molar-refractivity contribution is 0.302. The molecule has 0 atom stereocenters. The molecule has 128 valence electrons. The van der Waals surface area contributed by atoms with Crippen LogP contribution in [-0.2, 0) is 6.54 Å². The van der Waals surface area contributed by atoms with Gasteiger partial charge in [0.15, 0.2) is 0 Å². The van der Waals surface area contributed by atoms with Gasteiger partial charge in [-0.1, -0.05) is 54.1 Å². The van der Waals surface area contributed by atoms with E-state index in [-0.39, 0.29) is 0 Å². The molecule has 0 aliphatic rings. The molecule has 0 saturated carbocycles. The van der Waals surface area contributed by atoms with Gasteiger partial charge >= 0.3 is 0 Å². The highest BCUT2D eigenvalue weighted by molar-refractivity contribution is 6.30. The van der Waals surface area contributed by atoms with Crippen molar-refractivity contribution in [3.8, 4) is 5.75 Å². The number of rotatable bonds is 8. The Morgan fingerprint density at radius 2 is 1.96 bits per heavy atom. The molecule has 0 fully saturated rings. The van der Waals surface area contributed by atoms with Crippen LogP contribution in [0.3, 0.4) is 0 Å². The molecular formula is C21H21ClN2O. The Labute approximate surface area is 153 Å². The Balaban J connectivity index is 1.53. The molecule has 0 aliphatic heterocycles. The van der Waals surface area contributed by atoms with Gasteiger partial charge in [-0.25, -0.2) is 4.98 Å². The lowest BCUT2D eigenvalue weighted by Crippen LogP contribution is -2.01. The first-order chi connectivity index (χ1) is 12.3. The summed E-state index contributed by atoms with van der Waals surface area (Å²) >= 11 is 6.03. The maximum absolute atomic E-state index is 6.03. The number of para-hydroxylation sites is 1. The van der Waals surface area contributed by atoms with Crippen LogP contribution in [-0.4, -0.2) is 16.2 Å². The van der Waals surface area contributed by atoms with Crippen LogP contribution < -0.4 is 4.74 Å². The molecule has 0 aliphatic carbocycles. The quantitative estimate of drug-likeness (QED) is 0.391. The van der Waals surface area contributed by atoms with E-state index < -0.39 is 0 Å². The Morgan fingerprint density at radius 3 is 2.80 bits per heavy atom. The number of aromatic nitrogens is 2. The lowest BCUT2D eigenvalue weighted by atomic mass is 10.1. The number of hydrogen-bond acceptors (Lipinski definition) is 2. The van der Waals surface area contributed by atoms with Crippen molar-refractivity contribution in [3.63, 3.8) is 0 Å². The predicted molar refractivity (Wildman–Crippen MR) is 104 cm³/mol. The van der Waals surface area contributed by atoms with E-state index in [2.05, 4.69) is 21.7 Å². The topological polar surface area (TPSA) is 27.1 Å². The molecule has 0 saturated heterocycles. The average Bonchev–Trinajstić information content (AvgIpc) is 3.14. The second-order valence-corrected chi connectivity index (χ2v) is 6.22. The summed E-state index contributed by atoms with van der Waals surface area (Å²) < 4.78 is 8.05. The summed E-state index contributed by atoms with van der Waals surface area (Å²) in [6, 6.07) is 15.9. The van der Waals surface area contributed by atoms with Crippen molar-refractivity contribution in [1.82, 2.24) is 9.55 Å². The van der Waals surface area contributed by atoms with Gasteiger partial charge in [-0.2, -0.15) is 0 Å². The number of aryl methyl sites for hydroxylation is 1. The van der Waals surface area contributed by atoms with Crippen molar-refractivity contribution in [2.45, 2.75) is 19.4 Å². The van der Waals surface area contributed by atoms with Gasteiger partial charge in [-0.05, 0) is 36.6 Å². The second-order valence-electron chi connectivity index (χ2n) is 5.78. The molecule has 0 spiro atoms. The van der Waals surface area contributed by atoms with E-state index in [1.54, 1.807) is 6.20 Å². The molecule has 0 bridgehead atoms. The highest BCUT2D eigenvalue weighted by atomic mass is 35.5. The summed E-state index contributed by atoms with van der Waals surface area (Å²) in [7, 11) is 0. The SMILES string of the molecule is Clc1cccc(/C=C/c2ccccc2OCCCCn2ccnc2)c1. The highest BCUT2D eigenvalue weighted by Gasteiger charge is 2.00. The fourth-order valence-corrected chi connectivity index (χ4v) is 2.74. The smallest absolute Gasteiger partial charge is 0.126 e. The average molecular weight is 353 g/mol. The minimum Gasteiger partial charge on any atom is -0.493 e. The number of benzene rings is 2. The van der Waals surface area contributed by atoms with Crippen LogP contribution in [0.2, 0.25) is 5.02 Å².